The maximum atomic E-state index is 3.84. The van der Waals surface area contributed by atoms with Gasteiger partial charge in [-0.2, -0.15) is 0 Å². The molecule has 0 saturated carbocycles. The number of aryl methyl sites for hydroxylation is 1. The van der Waals surface area contributed by atoms with Crippen molar-refractivity contribution in [2.75, 3.05) is 5.32 Å². The van der Waals surface area contributed by atoms with E-state index in [1.165, 1.54) is 22.4 Å². The quantitative estimate of drug-likeness (QED) is 0.566. The fraction of sp³-hybridized carbons (Fsp3) is 0.364. The first kappa shape index (κ1) is 23.2. The van der Waals surface area contributed by atoms with Crippen LogP contribution in [-0.4, -0.2) is 0 Å². The molecule has 0 spiro atoms. The molecule has 1 N–H and O–H groups in total. The van der Waals surface area contributed by atoms with Crippen LogP contribution in [0.15, 0.2) is 66.9 Å². The highest BCUT2D eigenvalue weighted by Crippen LogP contribution is 2.20. The van der Waals surface area contributed by atoms with Gasteiger partial charge < -0.3 is 5.32 Å². The second kappa shape index (κ2) is 14.9. The van der Waals surface area contributed by atoms with Crippen molar-refractivity contribution in [3.63, 3.8) is 0 Å². The van der Waals surface area contributed by atoms with Gasteiger partial charge in [-0.3, -0.25) is 0 Å². The Bertz CT molecular complexity index is 519. The first-order valence-corrected chi connectivity index (χ1v) is 8.39. The number of hydrogen-bond donors (Lipinski definition) is 1. The molecule has 1 rings (SSSR count). The molecule has 0 saturated heterocycles. The monoisotopic (exact) mass is 313 g/mol. The molecule has 0 aliphatic rings. The molecular weight excluding hydrogens is 278 g/mol. The number of allylic oxidation sites excluding steroid dienone is 6. The molecule has 128 valence electrons. The van der Waals surface area contributed by atoms with E-state index in [-0.39, 0.29) is 0 Å². The Morgan fingerprint density at radius 1 is 1.22 bits per heavy atom. The van der Waals surface area contributed by atoms with E-state index >= 15 is 0 Å². The predicted octanol–water partition coefficient (Wildman–Crippen LogP) is 7.22. The van der Waals surface area contributed by atoms with Crippen molar-refractivity contribution < 1.29 is 0 Å². The summed E-state index contributed by atoms with van der Waals surface area (Å²) < 4.78 is 0. The molecule has 0 aliphatic heterocycles. The van der Waals surface area contributed by atoms with Gasteiger partial charge in [-0.25, -0.2) is 0 Å². The highest BCUT2D eigenvalue weighted by atomic mass is 14.9. The largest absolute Gasteiger partial charge is 0.359 e. The minimum atomic E-state index is 0.986. The normalized spacial score (nSPS) is 10.1. The van der Waals surface area contributed by atoms with Crippen LogP contribution in [0, 0.1) is 6.92 Å². The smallest absolute Gasteiger partial charge is 0.0416 e. The van der Waals surface area contributed by atoms with Crippen LogP contribution in [0.3, 0.4) is 0 Å². The number of rotatable bonds is 5. The Morgan fingerprint density at radius 2 is 1.83 bits per heavy atom. The van der Waals surface area contributed by atoms with Crippen LogP contribution < -0.4 is 5.32 Å². The van der Waals surface area contributed by atoms with E-state index in [9.17, 15) is 0 Å². The number of nitrogens with one attached hydrogen (secondary N) is 1. The molecular formula is C22H35N. The average molecular weight is 314 g/mol. The van der Waals surface area contributed by atoms with Crippen molar-refractivity contribution in [3.8, 4) is 0 Å². The van der Waals surface area contributed by atoms with E-state index in [1.54, 1.807) is 0 Å². The van der Waals surface area contributed by atoms with Gasteiger partial charge in [0, 0.05) is 11.4 Å². The third-order valence-electron chi connectivity index (χ3n) is 2.99. The summed E-state index contributed by atoms with van der Waals surface area (Å²) in [6.07, 6.45) is 8.90. The Morgan fingerprint density at radius 3 is 2.26 bits per heavy atom. The van der Waals surface area contributed by atoms with Gasteiger partial charge in [0.05, 0.1) is 0 Å². The van der Waals surface area contributed by atoms with Crippen molar-refractivity contribution in [1.82, 2.24) is 0 Å². The fourth-order valence-electron chi connectivity index (χ4n) is 1.83. The summed E-state index contributed by atoms with van der Waals surface area (Å²) in [5.41, 5.74) is 6.10. The lowest BCUT2D eigenvalue weighted by Gasteiger charge is -2.12. The lowest BCUT2D eigenvalue weighted by atomic mass is 10.0. The third kappa shape index (κ3) is 11.2. The minimum Gasteiger partial charge on any atom is -0.359 e. The van der Waals surface area contributed by atoms with Crippen LogP contribution in [0.1, 0.15) is 52.7 Å². The number of hydrogen-bond acceptors (Lipinski definition) is 1. The molecule has 0 radical (unpaired) electrons. The Hall–Kier alpha value is -2.02. The van der Waals surface area contributed by atoms with E-state index in [0.717, 1.165) is 12.1 Å². The maximum absolute atomic E-state index is 3.84. The molecule has 0 aromatic heterocycles. The molecule has 1 aromatic rings. The Kier molecular flexibility index (Phi) is 15.1. The van der Waals surface area contributed by atoms with Crippen LogP contribution in [0.5, 0.6) is 0 Å². The van der Waals surface area contributed by atoms with Crippen LogP contribution in [0.25, 0.3) is 0 Å². The molecule has 1 aromatic carbocycles. The number of anilines is 1. The summed E-state index contributed by atoms with van der Waals surface area (Å²) in [7, 11) is 0. The summed E-state index contributed by atoms with van der Waals surface area (Å²) in [6, 6.07) is 6.31. The highest BCUT2D eigenvalue weighted by Gasteiger charge is 2.01. The van der Waals surface area contributed by atoms with Crippen molar-refractivity contribution >= 4 is 5.69 Å². The van der Waals surface area contributed by atoms with Crippen LogP contribution >= 0.6 is 0 Å². The second-order valence-electron chi connectivity index (χ2n) is 5.00. The summed E-state index contributed by atoms with van der Waals surface area (Å²) in [6.45, 7) is 21.8. The molecule has 1 heteroatoms. The molecule has 1 nitrogen and oxygen atoms in total. The van der Waals surface area contributed by atoms with Gasteiger partial charge in [-0.05, 0) is 51.3 Å². The van der Waals surface area contributed by atoms with Gasteiger partial charge in [0.25, 0.3) is 0 Å². The molecule has 0 unspecified atom stereocenters. The van der Waals surface area contributed by atoms with Crippen LogP contribution in [-0.2, 0) is 6.42 Å². The molecule has 23 heavy (non-hydrogen) atoms. The van der Waals surface area contributed by atoms with Crippen molar-refractivity contribution in [1.29, 1.82) is 0 Å². The Balaban J connectivity index is 0. The van der Waals surface area contributed by atoms with Gasteiger partial charge in [0.2, 0.25) is 0 Å². The summed E-state index contributed by atoms with van der Waals surface area (Å²) in [5, 5.41) is 3.27. The average Bonchev–Trinajstić information content (AvgIpc) is 2.54. The Labute approximate surface area is 144 Å². The zero-order valence-electron chi connectivity index (χ0n) is 16.2. The lowest BCUT2D eigenvalue weighted by Crippen LogP contribution is -1.99. The fourth-order valence-corrected chi connectivity index (χ4v) is 1.83. The van der Waals surface area contributed by atoms with E-state index < -0.39 is 0 Å². The van der Waals surface area contributed by atoms with Crippen LogP contribution in [0.2, 0.25) is 0 Å². The lowest BCUT2D eigenvalue weighted by molar-refractivity contribution is 1.11. The van der Waals surface area contributed by atoms with Gasteiger partial charge in [0.1, 0.15) is 0 Å². The summed E-state index contributed by atoms with van der Waals surface area (Å²) >= 11 is 0. The van der Waals surface area contributed by atoms with Crippen molar-refractivity contribution in [3.05, 3.63) is 78.1 Å². The third-order valence-corrected chi connectivity index (χ3v) is 2.99. The second-order valence-corrected chi connectivity index (χ2v) is 5.00. The van der Waals surface area contributed by atoms with E-state index in [4.69, 9.17) is 0 Å². The van der Waals surface area contributed by atoms with E-state index in [2.05, 4.69) is 50.5 Å². The van der Waals surface area contributed by atoms with E-state index in [0.29, 0.717) is 0 Å². The van der Waals surface area contributed by atoms with Gasteiger partial charge in [0.15, 0.2) is 0 Å². The molecule has 0 atom stereocenters. The highest BCUT2D eigenvalue weighted by molar-refractivity contribution is 5.57. The molecule has 0 bridgehead atoms. The predicted molar refractivity (Wildman–Crippen MR) is 109 cm³/mol. The molecule has 0 amide bonds. The zero-order chi connectivity index (χ0) is 18.3. The number of benzene rings is 1. The molecule has 0 heterocycles. The standard InChI is InChI=1S/C12H17N.C8H12.C2H6/c1-5-11-10(4)7-6-8-12(11)13-9(2)3;1-4-6-7-8(3)5-2;1-2/h6-8,13H,2,5H2,1,3-4H3;4-7H,2H2,1,3H3;1-2H3/b;6-4-,8-7-;. The maximum Gasteiger partial charge on any atom is 0.0416 e. The summed E-state index contributed by atoms with van der Waals surface area (Å²) in [4.78, 5) is 0. The SMILES string of the molecule is C=C(C)Nc1cccc(C)c1CC.C=C/C(C)=C\C=C/C.CC. The molecule has 0 aliphatic carbocycles. The van der Waals surface area contributed by atoms with Crippen LogP contribution in [0.4, 0.5) is 5.69 Å². The van der Waals surface area contributed by atoms with Gasteiger partial charge in [-0.15, -0.1) is 0 Å². The van der Waals surface area contributed by atoms with Crippen molar-refractivity contribution in [2.45, 2.75) is 54.9 Å². The van der Waals surface area contributed by atoms with E-state index in [1.807, 2.05) is 58.9 Å². The first-order chi connectivity index (χ1) is 11.0. The first-order valence-electron chi connectivity index (χ1n) is 8.39. The zero-order valence-corrected chi connectivity index (χ0v) is 16.2. The topological polar surface area (TPSA) is 12.0 Å². The molecule has 0 fully saturated rings. The van der Waals surface area contributed by atoms with Gasteiger partial charge >= 0.3 is 0 Å². The minimum absolute atomic E-state index is 0.986. The summed E-state index contributed by atoms with van der Waals surface area (Å²) in [5.74, 6) is 0. The van der Waals surface area contributed by atoms with Gasteiger partial charge in [-0.1, -0.05) is 75.9 Å². The van der Waals surface area contributed by atoms with Crippen molar-refractivity contribution in [2.24, 2.45) is 0 Å².